The molecule has 1 heterocycles. The molecular formula is C14H10F2N2S. The Morgan fingerprint density at radius 3 is 2.68 bits per heavy atom. The van der Waals surface area contributed by atoms with Crippen LogP contribution in [0.15, 0.2) is 36.4 Å². The molecule has 0 aliphatic rings. The van der Waals surface area contributed by atoms with Gasteiger partial charge in [-0.25, -0.2) is 13.8 Å². The SMILES string of the molecule is Nc1ccc2nc(Cc3ccc(F)c(F)c3)sc2c1. The number of nitrogens with two attached hydrogens (primary N) is 1. The molecule has 0 fully saturated rings. The molecule has 1 aromatic heterocycles. The standard InChI is InChI=1S/C14H10F2N2S/c15-10-3-1-8(5-11(10)16)6-14-18-12-4-2-9(17)7-13(12)19-14/h1-5,7H,6,17H2. The third-order valence-corrected chi connectivity index (χ3v) is 3.81. The Bertz CT molecular complexity index is 752. The summed E-state index contributed by atoms with van der Waals surface area (Å²) in [5, 5.41) is 0.853. The number of halogens is 2. The lowest BCUT2D eigenvalue weighted by Gasteiger charge is -1.98. The van der Waals surface area contributed by atoms with E-state index in [9.17, 15) is 8.78 Å². The molecule has 3 aromatic rings. The molecule has 19 heavy (non-hydrogen) atoms. The maximum Gasteiger partial charge on any atom is 0.159 e. The summed E-state index contributed by atoms with van der Waals surface area (Å²) in [4.78, 5) is 4.45. The van der Waals surface area contributed by atoms with Crippen molar-refractivity contribution in [3.05, 3.63) is 58.6 Å². The number of benzene rings is 2. The minimum Gasteiger partial charge on any atom is -0.399 e. The minimum atomic E-state index is -0.833. The van der Waals surface area contributed by atoms with Crippen LogP contribution in [0.25, 0.3) is 10.2 Å². The van der Waals surface area contributed by atoms with E-state index in [-0.39, 0.29) is 0 Å². The van der Waals surface area contributed by atoms with Gasteiger partial charge in [0.1, 0.15) is 0 Å². The van der Waals surface area contributed by atoms with Gasteiger partial charge in [0, 0.05) is 12.1 Å². The molecule has 2 nitrogen and oxygen atoms in total. The van der Waals surface area contributed by atoms with Gasteiger partial charge in [0.15, 0.2) is 11.6 Å². The molecule has 0 atom stereocenters. The van der Waals surface area contributed by atoms with Gasteiger partial charge in [-0.05, 0) is 35.9 Å². The van der Waals surface area contributed by atoms with Crippen LogP contribution in [0, 0.1) is 11.6 Å². The van der Waals surface area contributed by atoms with Crippen molar-refractivity contribution in [1.82, 2.24) is 4.98 Å². The topological polar surface area (TPSA) is 38.9 Å². The van der Waals surface area contributed by atoms with Gasteiger partial charge in [0.05, 0.1) is 15.2 Å². The van der Waals surface area contributed by atoms with Crippen molar-refractivity contribution in [1.29, 1.82) is 0 Å². The fourth-order valence-electron chi connectivity index (χ4n) is 1.89. The number of rotatable bonds is 2. The summed E-state index contributed by atoms with van der Waals surface area (Å²) in [6, 6.07) is 9.42. The number of aromatic nitrogens is 1. The second-order valence-corrected chi connectivity index (χ2v) is 5.38. The van der Waals surface area contributed by atoms with Crippen LogP contribution < -0.4 is 5.73 Å². The van der Waals surface area contributed by atoms with E-state index in [0.717, 1.165) is 21.3 Å². The summed E-state index contributed by atoms with van der Waals surface area (Å²) in [7, 11) is 0. The highest BCUT2D eigenvalue weighted by molar-refractivity contribution is 7.18. The van der Waals surface area contributed by atoms with Crippen molar-refractivity contribution in [2.45, 2.75) is 6.42 Å². The molecule has 0 bridgehead atoms. The summed E-state index contributed by atoms with van der Waals surface area (Å²) >= 11 is 1.51. The Hall–Kier alpha value is -2.01. The van der Waals surface area contributed by atoms with Crippen LogP contribution in [0.3, 0.4) is 0 Å². The first kappa shape index (κ1) is 12.0. The van der Waals surface area contributed by atoms with Gasteiger partial charge in [-0.2, -0.15) is 0 Å². The molecule has 2 N–H and O–H groups in total. The Labute approximate surface area is 112 Å². The van der Waals surface area contributed by atoms with Gasteiger partial charge >= 0.3 is 0 Å². The van der Waals surface area contributed by atoms with Crippen LogP contribution in [0.5, 0.6) is 0 Å². The second-order valence-electron chi connectivity index (χ2n) is 4.26. The highest BCUT2D eigenvalue weighted by Gasteiger charge is 2.07. The van der Waals surface area contributed by atoms with E-state index in [2.05, 4.69) is 4.98 Å². The number of nitrogens with zero attached hydrogens (tertiary/aromatic N) is 1. The zero-order valence-electron chi connectivity index (χ0n) is 9.86. The first-order chi connectivity index (χ1) is 9.11. The lowest BCUT2D eigenvalue weighted by Crippen LogP contribution is -1.90. The smallest absolute Gasteiger partial charge is 0.159 e. The maximum absolute atomic E-state index is 13.1. The van der Waals surface area contributed by atoms with Crippen LogP contribution in [-0.2, 0) is 6.42 Å². The first-order valence-electron chi connectivity index (χ1n) is 5.71. The summed E-state index contributed by atoms with van der Waals surface area (Å²) in [6.45, 7) is 0. The van der Waals surface area contributed by atoms with E-state index in [4.69, 9.17) is 5.73 Å². The summed E-state index contributed by atoms with van der Waals surface area (Å²) in [5.41, 5.74) is 7.97. The zero-order chi connectivity index (χ0) is 13.4. The molecular weight excluding hydrogens is 266 g/mol. The van der Waals surface area contributed by atoms with Gasteiger partial charge in [-0.15, -0.1) is 11.3 Å². The molecule has 3 rings (SSSR count). The maximum atomic E-state index is 13.1. The zero-order valence-corrected chi connectivity index (χ0v) is 10.7. The molecule has 0 saturated carbocycles. The molecule has 96 valence electrons. The van der Waals surface area contributed by atoms with Crippen LogP contribution in [0.2, 0.25) is 0 Å². The van der Waals surface area contributed by atoms with Crippen molar-refractivity contribution >= 4 is 27.2 Å². The van der Waals surface area contributed by atoms with Gasteiger partial charge in [-0.3, -0.25) is 0 Å². The number of anilines is 1. The number of nitrogen functional groups attached to an aromatic ring is 1. The third-order valence-electron chi connectivity index (χ3n) is 2.80. The highest BCUT2D eigenvalue weighted by Crippen LogP contribution is 2.26. The molecule has 0 aliphatic carbocycles. The molecule has 0 aliphatic heterocycles. The van der Waals surface area contributed by atoms with Crippen LogP contribution >= 0.6 is 11.3 Å². The van der Waals surface area contributed by atoms with Crippen molar-refractivity contribution in [2.24, 2.45) is 0 Å². The Morgan fingerprint density at radius 1 is 1.05 bits per heavy atom. The fraction of sp³-hybridized carbons (Fsp3) is 0.0714. The van der Waals surface area contributed by atoms with Crippen LogP contribution in [0.4, 0.5) is 14.5 Å². The lowest BCUT2D eigenvalue weighted by molar-refractivity contribution is 0.507. The molecule has 0 unspecified atom stereocenters. The summed E-state index contributed by atoms with van der Waals surface area (Å²) in [5.74, 6) is -1.66. The lowest BCUT2D eigenvalue weighted by atomic mass is 10.1. The van der Waals surface area contributed by atoms with Gasteiger partial charge < -0.3 is 5.73 Å². The van der Waals surface area contributed by atoms with Crippen LogP contribution in [0.1, 0.15) is 10.6 Å². The predicted molar refractivity (Wildman–Crippen MR) is 73.2 cm³/mol. The number of thiazole rings is 1. The fourth-order valence-corrected chi connectivity index (χ4v) is 2.94. The van der Waals surface area contributed by atoms with E-state index in [1.54, 1.807) is 12.1 Å². The molecule has 0 saturated heterocycles. The van der Waals surface area contributed by atoms with E-state index in [1.165, 1.54) is 17.4 Å². The normalized spacial score (nSPS) is 11.1. The summed E-state index contributed by atoms with van der Waals surface area (Å²) in [6.07, 6.45) is 0.483. The van der Waals surface area contributed by atoms with Crippen LogP contribution in [-0.4, -0.2) is 4.98 Å². The number of fused-ring (bicyclic) bond motifs is 1. The van der Waals surface area contributed by atoms with Crippen molar-refractivity contribution in [2.75, 3.05) is 5.73 Å². The van der Waals surface area contributed by atoms with E-state index in [1.807, 2.05) is 12.1 Å². The highest BCUT2D eigenvalue weighted by atomic mass is 32.1. The Balaban J connectivity index is 1.94. The van der Waals surface area contributed by atoms with E-state index in [0.29, 0.717) is 17.7 Å². The Kier molecular flexibility index (Phi) is 2.91. The summed E-state index contributed by atoms with van der Waals surface area (Å²) < 4.78 is 27.0. The van der Waals surface area contributed by atoms with Crippen molar-refractivity contribution in [3.8, 4) is 0 Å². The quantitative estimate of drug-likeness (QED) is 0.724. The number of hydrogen-bond donors (Lipinski definition) is 1. The molecule has 2 aromatic carbocycles. The van der Waals surface area contributed by atoms with Gasteiger partial charge in [0.2, 0.25) is 0 Å². The number of hydrogen-bond acceptors (Lipinski definition) is 3. The van der Waals surface area contributed by atoms with Crippen molar-refractivity contribution < 1.29 is 8.78 Å². The average molecular weight is 276 g/mol. The predicted octanol–water partition coefficient (Wildman–Crippen LogP) is 3.75. The third kappa shape index (κ3) is 2.42. The van der Waals surface area contributed by atoms with Gasteiger partial charge in [-0.1, -0.05) is 6.07 Å². The van der Waals surface area contributed by atoms with E-state index >= 15 is 0 Å². The molecule has 0 spiro atoms. The molecule has 0 radical (unpaired) electrons. The monoisotopic (exact) mass is 276 g/mol. The molecule has 5 heteroatoms. The van der Waals surface area contributed by atoms with Crippen molar-refractivity contribution in [3.63, 3.8) is 0 Å². The average Bonchev–Trinajstić information content (AvgIpc) is 2.75. The minimum absolute atomic E-state index is 0.483. The second kappa shape index (κ2) is 4.59. The van der Waals surface area contributed by atoms with E-state index < -0.39 is 11.6 Å². The van der Waals surface area contributed by atoms with Gasteiger partial charge in [0.25, 0.3) is 0 Å². The first-order valence-corrected chi connectivity index (χ1v) is 6.52. The molecule has 0 amide bonds. The largest absolute Gasteiger partial charge is 0.399 e. The Morgan fingerprint density at radius 2 is 1.89 bits per heavy atom.